The number of fused-ring (bicyclic) bond motifs is 6. The van der Waals surface area contributed by atoms with Gasteiger partial charge in [-0.2, -0.15) is 0 Å². The van der Waals surface area contributed by atoms with Gasteiger partial charge in [-0.25, -0.2) is 0 Å². The van der Waals surface area contributed by atoms with Gasteiger partial charge < -0.3 is 0 Å². The third-order valence-corrected chi connectivity index (χ3v) is 13.0. The van der Waals surface area contributed by atoms with Crippen molar-refractivity contribution in [1.29, 1.82) is 0 Å². The van der Waals surface area contributed by atoms with Gasteiger partial charge in [-0.1, -0.05) is 77.1 Å². The van der Waals surface area contributed by atoms with Crippen LogP contribution in [0.25, 0.3) is 0 Å². The number of hydrogen-bond acceptors (Lipinski definition) is 1. The Labute approximate surface area is 207 Å². The van der Waals surface area contributed by atoms with Crippen molar-refractivity contribution >= 4 is 29.0 Å². The molecule has 0 N–H and O–H groups in total. The topological polar surface area (TPSA) is 17.1 Å². The maximum atomic E-state index is 12.5. The Bertz CT molecular complexity index is 745. The molecule has 5 fully saturated rings. The van der Waals surface area contributed by atoms with Crippen LogP contribution in [0.1, 0.15) is 105 Å². The first-order chi connectivity index (χ1) is 15.0. The minimum Gasteiger partial charge on any atom is -0.296 e. The normalized spacial score (nSPS) is 50.1. The van der Waals surface area contributed by atoms with Crippen LogP contribution in [0.15, 0.2) is 0 Å². The lowest BCUT2D eigenvalue weighted by molar-refractivity contribution is -0.164. The predicted octanol–water partition coefficient (Wildman–Crippen LogP) is 8.71. The van der Waals surface area contributed by atoms with Crippen LogP contribution < -0.4 is 0 Å². The van der Waals surface area contributed by atoms with Crippen LogP contribution in [0.4, 0.5) is 0 Å². The Morgan fingerprint density at radius 2 is 1.62 bits per heavy atom. The zero-order valence-electron chi connectivity index (χ0n) is 21.1. The zero-order chi connectivity index (χ0) is 23.1. The molecule has 1 nitrogen and oxygen atoms in total. The maximum absolute atomic E-state index is 12.5. The van der Waals surface area contributed by atoms with E-state index in [1.807, 2.05) is 0 Å². The number of alkyl halides is 2. The van der Waals surface area contributed by atoms with Crippen LogP contribution >= 0.6 is 23.2 Å². The molecule has 32 heavy (non-hydrogen) atoms. The molecule has 5 aliphatic rings. The Hall–Kier alpha value is 0.250. The van der Waals surface area contributed by atoms with Crippen molar-refractivity contribution in [3.8, 4) is 0 Å². The van der Waals surface area contributed by atoms with E-state index in [0.717, 1.165) is 48.3 Å². The molecule has 0 bridgehead atoms. The molecule has 0 saturated heterocycles. The number of Topliss-reactive ketones (excluding diaryl/α,β-unsaturated/α-hetero) is 1. The predicted molar refractivity (Wildman–Crippen MR) is 135 cm³/mol. The van der Waals surface area contributed by atoms with E-state index in [-0.39, 0.29) is 17.6 Å². The molecular formula is C29H46Cl2O. The monoisotopic (exact) mass is 480 g/mol. The Morgan fingerprint density at radius 3 is 2.34 bits per heavy atom. The van der Waals surface area contributed by atoms with Gasteiger partial charge >= 0.3 is 0 Å². The molecular weight excluding hydrogens is 435 g/mol. The summed E-state index contributed by atoms with van der Waals surface area (Å²) < 4.78 is -1.10. The molecule has 0 spiro atoms. The van der Waals surface area contributed by atoms with E-state index in [1.165, 1.54) is 57.8 Å². The number of ketones is 1. The van der Waals surface area contributed by atoms with Gasteiger partial charge in [0, 0.05) is 11.8 Å². The summed E-state index contributed by atoms with van der Waals surface area (Å²) in [5.74, 6) is 6.41. The number of carbonyl (C=O) groups is 1. The third kappa shape index (κ3) is 3.40. The summed E-state index contributed by atoms with van der Waals surface area (Å²) >= 11 is 13.1. The van der Waals surface area contributed by atoms with Crippen molar-refractivity contribution in [1.82, 2.24) is 0 Å². The number of carbonyl (C=O) groups excluding carboxylic acids is 1. The summed E-state index contributed by atoms with van der Waals surface area (Å²) in [4.78, 5) is 12.5. The maximum Gasteiger partial charge on any atom is 0.179 e. The van der Waals surface area contributed by atoms with Crippen LogP contribution in [0.2, 0.25) is 0 Å². The molecule has 0 amide bonds. The molecule has 3 heteroatoms. The first-order valence-corrected chi connectivity index (χ1v) is 14.7. The summed E-state index contributed by atoms with van der Waals surface area (Å²) in [5, 5.41) is 0. The van der Waals surface area contributed by atoms with Gasteiger partial charge in [-0.15, -0.1) is 0 Å². The summed E-state index contributed by atoms with van der Waals surface area (Å²) in [6, 6.07) is 0. The smallest absolute Gasteiger partial charge is 0.179 e. The van der Waals surface area contributed by atoms with E-state index in [0.29, 0.717) is 16.7 Å². The average molecular weight is 482 g/mol. The van der Waals surface area contributed by atoms with Crippen molar-refractivity contribution < 1.29 is 4.79 Å². The van der Waals surface area contributed by atoms with Crippen molar-refractivity contribution in [3.05, 3.63) is 0 Å². The fraction of sp³-hybridized carbons (Fsp3) is 0.966. The fourth-order valence-corrected chi connectivity index (χ4v) is 11.1. The first kappa shape index (κ1) is 24.0. The van der Waals surface area contributed by atoms with Gasteiger partial charge in [0.15, 0.2) is 10.1 Å². The molecule has 0 unspecified atom stereocenters. The van der Waals surface area contributed by atoms with E-state index in [9.17, 15) is 4.79 Å². The number of hydrogen-bond donors (Lipinski definition) is 0. The highest BCUT2D eigenvalue weighted by molar-refractivity contribution is 6.60. The second-order valence-electron chi connectivity index (χ2n) is 13.8. The second-order valence-corrected chi connectivity index (χ2v) is 15.2. The summed E-state index contributed by atoms with van der Waals surface area (Å²) in [7, 11) is 0. The quantitative estimate of drug-likeness (QED) is 0.359. The lowest BCUT2D eigenvalue weighted by atomic mass is 9.41. The van der Waals surface area contributed by atoms with Crippen molar-refractivity contribution in [2.45, 2.75) is 110 Å². The zero-order valence-corrected chi connectivity index (χ0v) is 22.7. The number of rotatable bonds is 5. The van der Waals surface area contributed by atoms with Gasteiger partial charge in [0.2, 0.25) is 0 Å². The van der Waals surface area contributed by atoms with E-state index >= 15 is 0 Å². The van der Waals surface area contributed by atoms with Gasteiger partial charge in [0.05, 0.1) is 0 Å². The minimum absolute atomic E-state index is 0.122. The molecule has 0 radical (unpaired) electrons. The summed E-state index contributed by atoms with van der Waals surface area (Å²) in [6.45, 7) is 12.5. The van der Waals surface area contributed by atoms with E-state index < -0.39 is 4.33 Å². The highest BCUT2D eigenvalue weighted by atomic mass is 35.5. The van der Waals surface area contributed by atoms with Crippen molar-refractivity contribution in [2.24, 2.45) is 64.1 Å². The standard InChI is InChI=1S/C29H46Cl2O/c1-17(2)7-6-8-18(3)22-11-12-23-20-10-9-19-15-21-25(29(30,31)26(21)32)16-28(19,5)24(20)13-14-27(22,23)4/h17-25H,6-16H2,1-5H3/t18-,19-,20+,21+,22-,23+,24+,25-,27-,28+/m1/s1. The van der Waals surface area contributed by atoms with Crippen LogP contribution in [0, 0.1) is 64.1 Å². The highest BCUT2D eigenvalue weighted by Gasteiger charge is 2.68. The lowest BCUT2D eigenvalue weighted by Crippen LogP contribution is -2.64. The molecule has 0 aliphatic heterocycles. The molecule has 5 saturated carbocycles. The Kier molecular flexibility index (Phi) is 6.10. The van der Waals surface area contributed by atoms with Gasteiger partial charge in [0.25, 0.3) is 0 Å². The van der Waals surface area contributed by atoms with Gasteiger partial charge in [0.1, 0.15) is 0 Å². The Morgan fingerprint density at radius 1 is 0.906 bits per heavy atom. The summed E-state index contributed by atoms with van der Waals surface area (Å²) in [6.07, 6.45) is 14.8. The van der Waals surface area contributed by atoms with E-state index in [1.54, 1.807) is 0 Å². The Balaban J connectivity index is 1.32. The second kappa shape index (κ2) is 8.15. The molecule has 10 atom stereocenters. The summed E-state index contributed by atoms with van der Waals surface area (Å²) in [5.41, 5.74) is 0.885. The van der Waals surface area contributed by atoms with E-state index in [4.69, 9.17) is 23.2 Å². The molecule has 5 rings (SSSR count). The first-order valence-electron chi connectivity index (χ1n) is 13.9. The van der Waals surface area contributed by atoms with E-state index in [2.05, 4.69) is 34.6 Å². The SMILES string of the molecule is CC(C)CCC[C@@H](C)[C@H]1CC[C@H]2[C@@H]3CC[C@@H]4C[C@@H]5C(=O)C(Cl)(Cl)[C@@H]5C[C@]4(C)[C@H]3CC[C@]12C. The molecule has 5 aliphatic carbocycles. The van der Waals surface area contributed by atoms with Gasteiger partial charge in [-0.3, -0.25) is 4.79 Å². The molecule has 0 aromatic carbocycles. The molecule has 0 aromatic heterocycles. The molecule has 0 aromatic rings. The molecule has 0 heterocycles. The largest absolute Gasteiger partial charge is 0.296 e. The highest BCUT2D eigenvalue weighted by Crippen LogP contribution is 2.71. The van der Waals surface area contributed by atoms with Crippen molar-refractivity contribution in [2.75, 3.05) is 0 Å². The molecule has 182 valence electrons. The van der Waals surface area contributed by atoms with Crippen LogP contribution in [0.5, 0.6) is 0 Å². The minimum atomic E-state index is -1.10. The third-order valence-electron chi connectivity index (χ3n) is 12.1. The fourth-order valence-electron chi connectivity index (χ4n) is 10.4. The average Bonchev–Trinajstić information content (AvgIpc) is 3.09. The number of halogens is 2. The van der Waals surface area contributed by atoms with Crippen LogP contribution in [0.3, 0.4) is 0 Å². The van der Waals surface area contributed by atoms with Crippen LogP contribution in [-0.4, -0.2) is 10.1 Å². The van der Waals surface area contributed by atoms with Crippen molar-refractivity contribution in [3.63, 3.8) is 0 Å². The van der Waals surface area contributed by atoms with Gasteiger partial charge in [-0.05, 0) is 104 Å². The lowest BCUT2D eigenvalue weighted by Gasteiger charge is -2.65. The van der Waals surface area contributed by atoms with Crippen LogP contribution in [-0.2, 0) is 4.79 Å².